The van der Waals surface area contributed by atoms with Gasteiger partial charge in [0.15, 0.2) is 0 Å². The number of carbonyl (C=O) groups excluding carboxylic acids is 1. The number of aromatic nitrogens is 1. The smallest absolute Gasteiger partial charge is 0.269 e. The van der Waals surface area contributed by atoms with Crippen LogP contribution >= 0.6 is 24.8 Å². The first-order chi connectivity index (χ1) is 7.59. The Bertz CT molecular complexity index is 408. The highest BCUT2D eigenvalue weighted by Gasteiger charge is 2.32. The maximum Gasteiger partial charge on any atom is 0.269 e. The van der Waals surface area contributed by atoms with E-state index in [0.29, 0.717) is 12.2 Å². The molecule has 1 saturated carbocycles. The van der Waals surface area contributed by atoms with Crippen LogP contribution in [0.4, 0.5) is 0 Å². The summed E-state index contributed by atoms with van der Waals surface area (Å²) in [6.07, 6.45) is 3.15. The van der Waals surface area contributed by atoms with Crippen molar-refractivity contribution in [2.24, 2.45) is 5.73 Å². The van der Waals surface area contributed by atoms with Crippen LogP contribution < -0.4 is 11.1 Å². The van der Waals surface area contributed by atoms with Gasteiger partial charge in [0, 0.05) is 17.8 Å². The van der Waals surface area contributed by atoms with Gasteiger partial charge in [-0.1, -0.05) is 6.07 Å². The lowest BCUT2D eigenvalue weighted by atomic mass is 9.78. The summed E-state index contributed by atoms with van der Waals surface area (Å²) in [5.41, 5.74) is 7.15. The fourth-order valence-corrected chi connectivity index (χ4v) is 1.82. The lowest BCUT2D eigenvalue weighted by molar-refractivity contribution is 0.0924. The topological polar surface area (TPSA) is 68.0 Å². The van der Waals surface area contributed by atoms with Crippen LogP contribution in [0.1, 0.15) is 35.4 Å². The summed E-state index contributed by atoms with van der Waals surface area (Å²) < 4.78 is 0. The maximum absolute atomic E-state index is 11.8. The molecule has 1 aliphatic carbocycles. The van der Waals surface area contributed by atoms with E-state index in [0.717, 1.165) is 25.0 Å². The molecule has 102 valence electrons. The molecule has 0 saturated heterocycles. The zero-order chi connectivity index (χ0) is 11.6. The molecule has 18 heavy (non-hydrogen) atoms. The number of nitrogens with two attached hydrogens (primary N) is 1. The van der Waals surface area contributed by atoms with Crippen LogP contribution in [0.2, 0.25) is 0 Å². The second-order valence-electron chi connectivity index (χ2n) is 4.56. The van der Waals surface area contributed by atoms with Crippen LogP contribution in [0.25, 0.3) is 0 Å². The van der Waals surface area contributed by atoms with Crippen molar-refractivity contribution in [1.82, 2.24) is 10.3 Å². The molecule has 0 atom stereocenters. The van der Waals surface area contributed by atoms with Gasteiger partial charge in [-0.2, -0.15) is 0 Å². The average Bonchev–Trinajstić information content (AvgIpc) is 2.23. The molecule has 1 heterocycles. The van der Waals surface area contributed by atoms with Gasteiger partial charge >= 0.3 is 0 Å². The van der Waals surface area contributed by atoms with Crippen molar-refractivity contribution in [3.8, 4) is 0 Å². The molecule has 0 aromatic carbocycles. The van der Waals surface area contributed by atoms with E-state index in [1.54, 1.807) is 6.07 Å². The Morgan fingerprint density at radius 1 is 1.44 bits per heavy atom. The molecule has 0 unspecified atom stereocenters. The summed E-state index contributed by atoms with van der Waals surface area (Å²) in [5.74, 6) is -0.138. The van der Waals surface area contributed by atoms with E-state index < -0.39 is 0 Å². The molecule has 0 radical (unpaired) electrons. The normalized spacial score (nSPS) is 15.7. The van der Waals surface area contributed by atoms with E-state index in [4.69, 9.17) is 5.73 Å². The molecule has 3 N–H and O–H groups in total. The first-order valence-corrected chi connectivity index (χ1v) is 5.60. The Labute approximate surface area is 120 Å². The van der Waals surface area contributed by atoms with E-state index in [2.05, 4.69) is 10.3 Å². The average molecular weight is 292 g/mol. The quantitative estimate of drug-likeness (QED) is 0.893. The zero-order valence-electron chi connectivity index (χ0n) is 10.3. The maximum atomic E-state index is 11.8. The molecule has 4 nitrogen and oxygen atoms in total. The minimum atomic E-state index is -0.181. The van der Waals surface area contributed by atoms with Gasteiger partial charge in [0.2, 0.25) is 0 Å². The number of nitrogens with zero attached hydrogens (tertiary/aromatic N) is 1. The van der Waals surface area contributed by atoms with Crippen molar-refractivity contribution in [3.05, 3.63) is 29.6 Å². The molecule has 6 heteroatoms. The predicted molar refractivity (Wildman–Crippen MR) is 76.6 cm³/mol. The summed E-state index contributed by atoms with van der Waals surface area (Å²) in [4.78, 5) is 15.9. The second-order valence-corrected chi connectivity index (χ2v) is 4.56. The van der Waals surface area contributed by atoms with Gasteiger partial charge in [-0.25, -0.2) is 4.98 Å². The molecular formula is C12H19Cl2N3O. The standard InChI is InChI=1S/C12H17N3O.2ClH/c1-9-4-2-5-10(15-9)11(16)14-8-12(13)6-3-7-12;;/h2,4-5H,3,6-8,13H2,1H3,(H,14,16);2*1H. The van der Waals surface area contributed by atoms with Crippen molar-refractivity contribution in [1.29, 1.82) is 0 Å². The monoisotopic (exact) mass is 291 g/mol. The van der Waals surface area contributed by atoms with Crippen molar-refractivity contribution in [2.45, 2.75) is 31.7 Å². The third kappa shape index (κ3) is 4.12. The molecule has 1 amide bonds. The molecular weight excluding hydrogens is 273 g/mol. The van der Waals surface area contributed by atoms with E-state index in [1.165, 1.54) is 0 Å². The number of aryl methyl sites for hydroxylation is 1. The van der Waals surface area contributed by atoms with E-state index in [-0.39, 0.29) is 36.3 Å². The molecule has 1 aromatic heterocycles. The molecule has 0 bridgehead atoms. The third-order valence-electron chi connectivity index (χ3n) is 3.07. The Hall–Kier alpha value is -0.840. The molecule has 0 spiro atoms. The predicted octanol–water partition coefficient (Wildman–Crippen LogP) is 1.84. The largest absolute Gasteiger partial charge is 0.349 e. The van der Waals surface area contributed by atoms with Crippen LogP contribution in [0.3, 0.4) is 0 Å². The first kappa shape index (κ1) is 17.2. The van der Waals surface area contributed by atoms with Gasteiger partial charge in [-0.05, 0) is 38.3 Å². The Morgan fingerprint density at radius 3 is 2.61 bits per heavy atom. The highest BCUT2D eigenvalue weighted by molar-refractivity contribution is 5.92. The summed E-state index contributed by atoms with van der Waals surface area (Å²) in [7, 11) is 0. The van der Waals surface area contributed by atoms with Crippen LogP contribution in [0.15, 0.2) is 18.2 Å². The fourth-order valence-electron chi connectivity index (χ4n) is 1.82. The SMILES string of the molecule is Cc1cccc(C(=O)NCC2(N)CCC2)n1.Cl.Cl. The van der Waals surface area contributed by atoms with Crippen molar-refractivity contribution >= 4 is 30.7 Å². The zero-order valence-corrected chi connectivity index (χ0v) is 11.9. The summed E-state index contributed by atoms with van der Waals surface area (Å²) in [5, 5.41) is 2.84. The number of hydrogen-bond acceptors (Lipinski definition) is 3. The summed E-state index contributed by atoms with van der Waals surface area (Å²) >= 11 is 0. The number of carbonyl (C=O) groups is 1. The number of amides is 1. The van der Waals surface area contributed by atoms with Crippen LogP contribution in [-0.2, 0) is 0 Å². The number of rotatable bonds is 3. The lowest BCUT2D eigenvalue weighted by Gasteiger charge is -2.38. The third-order valence-corrected chi connectivity index (χ3v) is 3.07. The number of nitrogens with one attached hydrogen (secondary N) is 1. The second kappa shape index (κ2) is 6.92. The highest BCUT2D eigenvalue weighted by atomic mass is 35.5. The first-order valence-electron chi connectivity index (χ1n) is 5.60. The lowest BCUT2D eigenvalue weighted by Crippen LogP contribution is -2.55. The minimum absolute atomic E-state index is 0. The Morgan fingerprint density at radius 2 is 2.11 bits per heavy atom. The van der Waals surface area contributed by atoms with Gasteiger partial charge in [0.1, 0.15) is 5.69 Å². The Balaban J connectivity index is 0.00000144. The van der Waals surface area contributed by atoms with Crippen molar-refractivity contribution < 1.29 is 4.79 Å². The van der Waals surface area contributed by atoms with E-state index in [9.17, 15) is 4.79 Å². The number of hydrogen-bond donors (Lipinski definition) is 2. The van der Waals surface area contributed by atoms with Crippen molar-refractivity contribution in [3.63, 3.8) is 0 Å². The van der Waals surface area contributed by atoms with E-state index in [1.807, 2.05) is 19.1 Å². The highest BCUT2D eigenvalue weighted by Crippen LogP contribution is 2.28. The van der Waals surface area contributed by atoms with Gasteiger partial charge < -0.3 is 11.1 Å². The van der Waals surface area contributed by atoms with Gasteiger partial charge in [0.25, 0.3) is 5.91 Å². The van der Waals surface area contributed by atoms with Gasteiger partial charge in [-0.3, -0.25) is 4.79 Å². The van der Waals surface area contributed by atoms with Crippen LogP contribution in [0, 0.1) is 6.92 Å². The summed E-state index contributed by atoms with van der Waals surface area (Å²) in [6.45, 7) is 2.41. The molecule has 2 rings (SSSR count). The van der Waals surface area contributed by atoms with Gasteiger partial charge in [-0.15, -0.1) is 24.8 Å². The molecule has 1 aliphatic rings. The molecule has 0 aliphatic heterocycles. The fraction of sp³-hybridized carbons (Fsp3) is 0.500. The van der Waals surface area contributed by atoms with E-state index >= 15 is 0 Å². The van der Waals surface area contributed by atoms with Crippen molar-refractivity contribution in [2.75, 3.05) is 6.54 Å². The van der Waals surface area contributed by atoms with Crippen LogP contribution in [-0.4, -0.2) is 23.0 Å². The summed E-state index contributed by atoms with van der Waals surface area (Å²) in [6, 6.07) is 5.41. The molecule has 1 fully saturated rings. The Kier molecular flexibility index (Phi) is 6.60. The minimum Gasteiger partial charge on any atom is -0.349 e. The number of pyridine rings is 1. The number of halogens is 2. The molecule has 1 aromatic rings. The van der Waals surface area contributed by atoms with Gasteiger partial charge in [0.05, 0.1) is 0 Å². The van der Waals surface area contributed by atoms with Crippen LogP contribution in [0.5, 0.6) is 0 Å².